The van der Waals surface area contributed by atoms with E-state index in [4.69, 9.17) is 16.7 Å². The first kappa shape index (κ1) is 17.2. The lowest BCUT2D eigenvalue weighted by Gasteiger charge is -2.26. The Balaban J connectivity index is 1.80. The fourth-order valence-corrected chi connectivity index (χ4v) is 3.32. The summed E-state index contributed by atoms with van der Waals surface area (Å²) >= 11 is 7.44. The largest absolute Gasteiger partial charge is 0.476 e. The number of thiazole rings is 1. The molecule has 0 unspecified atom stereocenters. The number of aromatic carboxylic acids is 1. The van der Waals surface area contributed by atoms with E-state index in [1.54, 1.807) is 30.7 Å². The van der Waals surface area contributed by atoms with Crippen molar-refractivity contribution in [3.05, 3.63) is 52.5 Å². The predicted molar refractivity (Wildman–Crippen MR) is 96.0 cm³/mol. The highest BCUT2D eigenvalue weighted by atomic mass is 35.5. The number of anilines is 1. The van der Waals surface area contributed by atoms with Crippen molar-refractivity contribution in [2.45, 2.75) is 19.4 Å². The average Bonchev–Trinajstić information content (AvgIpc) is 3.06. The van der Waals surface area contributed by atoms with Gasteiger partial charge in [-0.05, 0) is 26.0 Å². The molecule has 2 N–H and O–H groups in total. The number of hydrogen-bond donors (Lipinski definition) is 2. The highest BCUT2D eigenvalue weighted by molar-refractivity contribution is 7.13. The van der Waals surface area contributed by atoms with Crippen LogP contribution in [0.25, 0.3) is 10.6 Å². The van der Waals surface area contributed by atoms with Crippen LogP contribution in [-0.2, 0) is 5.54 Å². The summed E-state index contributed by atoms with van der Waals surface area (Å²) in [5, 5.41) is 14.7. The lowest BCUT2D eigenvalue weighted by Crippen LogP contribution is -2.30. The van der Waals surface area contributed by atoms with Crippen LogP contribution in [0.3, 0.4) is 0 Å². The second-order valence-electron chi connectivity index (χ2n) is 5.72. The lowest BCUT2D eigenvalue weighted by atomic mass is 10.00. The molecule has 7 nitrogen and oxygen atoms in total. The summed E-state index contributed by atoms with van der Waals surface area (Å²) in [4.78, 5) is 27.8. The second-order valence-corrected chi connectivity index (χ2v) is 6.99. The standard InChI is InChI=1S/C16H14ClN5O2S/c1-16(2,12-10(17)4-3-5-18-12)22-15-19-6-9(7-20-15)13-21-11(8-25-13)14(23)24/h3-8H,1-2H3,(H,23,24)(H,19,20,22). The Morgan fingerprint density at radius 2 is 2.00 bits per heavy atom. The topological polar surface area (TPSA) is 101 Å². The average molecular weight is 376 g/mol. The summed E-state index contributed by atoms with van der Waals surface area (Å²) in [5.41, 5.74) is 0.776. The maximum absolute atomic E-state index is 10.9. The van der Waals surface area contributed by atoms with Gasteiger partial charge in [-0.15, -0.1) is 11.3 Å². The van der Waals surface area contributed by atoms with Crippen LogP contribution in [0.2, 0.25) is 5.02 Å². The predicted octanol–water partition coefficient (Wildman–Crippen LogP) is 3.69. The number of hydrogen-bond acceptors (Lipinski definition) is 7. The van der Waals surface area contributed by atoms with E-state index in [1.165, 1.54) is 16.7 Å². The minimum atomic E-state index is -1.06. The third-order valence-electron chi connectivity index (χ3n) is 3.40. The first-order chi connectivity index (χ1) is 11.9. The Bertz CT molecular complexity index is 911. The Morgan fingerprint density at radius 3 is 2.60 bits per heavy atom. The number of pyridine rings is 1. The van der Waals surface area contributed by atoms with Gasteiger partial charge in [-0.25, -0.2) is 19.7 Å². The van der Waals surface area contributed by atoms with Gasteiger partial charge in [-0.3, -0.25) is 4.98 Å². The molecular weight excluding hydrogens is 362 g/mol. The molecule has 0 radical (unpaired) electrons. The molecular formula is C16H14ClN5O2S. The molecule has 3 rings (SSSR count). The third-order valence-corrected chi connectivity index (χ3v) is 4.59. The highest BCUT2D eigenvalue weighted by Crippen LogP contribution is 2.28. The normalized spacial score (nSPS) is 11.3. The van der Waals surface area contributed by atoms with E-state index in [-0.39, 0.29) is 5.69 Å². The maximum Gasteiger partial charge on any atom is 0.355 e. The van der Waals surface area contributed by atoms with Gasteiger partial charge in [0, 0.05) is 29.5 Å². The molecule has 0 aliphatic carbocycles. The molecule has 0 aliphatic heterocycles. The van der Waals surface area contributed by atoms with Crippen molar-refractivity contribution < 1.29 is 9.90 Å². The van der Waals surface area contributed by atoms with Crippen molar-refractivity contribution in [3.63, 3.8) is 0 Å². The molecule has 0 amide bonds. The van der Waals surface area contributed by atoms with Crippen molar-refractivity contribution in [2.75, 3.05) is 5.32 Å². The molecule has 0 aromatic carbocycles. The van der Waals surface area contributed by atoms with Crippen LogP contribution in [-0.4, -0.2) is 31.0 Å². The van der Waals surface area contributed by atoms with E-state index in [2.05, 4.69) is 25.3 Å². The highest BCUT2D eigenvalue weighted by Gasteiger charge is 2.25. The number of nitrogens with one attached hydrogen (secondary N) is 1. The third kappa shape index (κ3) is 3.75. The Labute approximate surface area is 152 Å². The minimum absolute atomic E-state index is 0.00753. The second kappa shape index (κ2) is 6.73. The quantitative estimate of drug-likeness (QED) is 0.701. The van der Waals surface area contributed by atoms with Crippen molar-refractivity contribution >= 4 is 34.9 Å². The van der Waals surface area contributed by atoms with Crippen LogP contribution < -0.4 is 5.32 Å². The number of nitrogens with zero attached hydrogens (tertiary/aromatic N) is 4. The van der Waals surface area contributed by atoms with E-state index in [0.717, 1.165) is 0 Å². The monoisotopic (exact) mass is 375 g/mol. The van der Waals surface area contributed by atoms with Crippen LogP contribution in [0.5, 0.6) is 0 Å². The van der Waals surface area contributed by atoms with Gasteiger partial charge in [-0.1, -0.05) is 11.6 Å². The zero-order valence-electron chi connectivity index (χ0n) is 13.4. The molecule has 3 heterocycles. The summed E-state index contributed by atoms with van der Waals surface area (Å²) in [5.74, 6) is -0.652. The van der Waals surface area contributed by atoms with Crippen molar-refractivity contribution in [3.8, 4) is 10.6 Å². The molecule has 9 heteroatoms. The van der Waals surface area contributed by atoms with Gasteiger partial charge in [0.25, 0.3) is 0 Å². The van der Waals surface area contributed by atoms with Crippen molar-refractivity contribution in [1.82, 2.24) is 19.9 Å². The number of carboxylic acid groups (broad SMARTS) is 1. The van der Waals surface area contributed by atoms with Crippen LogP contribution in [0, 0.1) is 0 Å². The van der Waals surface area contributed by atoms with Crippen LogP contribution in [0.4, 0.5) is 5.95 Å². The number of rotatable bonds is 5. The Hall–Kier alpha value is -2.58. The first-order valence-corrected chi connectivity index (χ1v) is 8.53. The van der Waals surface area contributed by atoms with E-state index >= 15 is 0 Å². The minimum Gasteiger partial charge on any atom is -0.476 e. The van der Waals surface area contributed by atoms with Gasteiger partial charge in [0.15, 0.2) is 5.69 Å². The summed E-state index contributed by atoms with van der Waals surface area (Å²) < 4.78 is 0. The van der Waals surface area contributed by atoms with Gasteiger partial charge < -0.3 is 10.4 Å². The van der Waals surface area contributed by atoms with E-state index in [1.807, 2.05) is 13.8 Å². The van der Waals surface area contributed by atoms with E-state index < -0.39 is 11.5 Å². The molecule has 0 fully saturated rings. The van der Waals surface area contributed by atoms with Crippen LogP contribution >= 0.6 is 22.9 Å². The van der Waals surface area contributed by atoms with Crippen LogP contribution in [0.1, 0.15) is 30.0 Å². The van der Waals surface area contributed by atoms with E-state index in [9.17, 15) is 4.79 Å². The zero-order chi connectivity index (χ0) is 18.0. The Morgan fingerprint density at radius 1 is 1.28 bits per heavy atom. The molecule has 0 saturated carbocycles. The molecule has 0 aliphatic rings. The molecule has 0 atom stereocenters. The summed E-state index contributed by atoms with van der Waals surface area (Å²) in [6.45, 7) is 3.86. The molecule has 3 aromatic heterocycles. The molecule has 25 heavy (non-hydrogen) atoms. The first-order valence-electron chi connectivity index (χ1n) is 7.27. The molecule has 0 spiro atoms. The molecule has 128 valence electrons. The molecule has 3 aromatic rings. The number of aromatic nitrogens is 4. The molecule has 0 saturated heterocycles. The SMILES string of the molecule is CC(C)(Nc1ncc(-c2nc(C(=O)O)cs2)cn1)c1ncccc1Cl. The van der Waals surface area contributed by atoms with Gasteiger partial charge in [-0.2, -0.15) is 0 Å². The maximum atomic E-state index is 10.9. The number of halogens is 1. The fourth-order valence-electron chi connectivity index (χ4n) is 2.19. The summed E-state index contributed by atoms with van der Waals surface area (Å²) in [6, 6.07) is 3.55. The Kier molecular flexibility index (Phi) is 4.65. The van der Waals surface area contributed by atoms with Crippen molar-refractivity contribution in [2.24, 2.45) is 0 Å². The number of carboxylic acids is 1. The van der Waals surface area contributed by atoms with Gasteiger partial charge in [0.1, 0.15) is 5.01 Å². The van der Waals surface area contributed by atoms with Gasteiger partial charge in [0.05, 0.1) is 16.3 Å². The fraction of sp³-hybridized carbons (Fsp3) is 0.188. The smallest absolute Gasteiger partial charge is 0.355 e. The molecule has 0 bridgehead atoms. The van der Waals surface area contributed by atoms with Crippen LogP contribution in [0.15, 0.2) is 36.1 Å². The number of carbonyl (C=O) groups is 1. The zero-order valence-corrected chi connectivity index (χ0v) is 15.0. The van der Waals surface area contributed by atoms with Crippen molar-refractivity contribution in [1.29, 1.82) is 0 Å². The van der Waals surface area contributed by atoms with Gasteiger partial charge >= 0.3 is 5.97 Å². The summed E-state index contributed by atoms with van der Waals surface area (Å²) in [6.07, 6.45) is 4.86. The summed E-state index contributed by atoms with van der Waals surface area (Å²) in [7, 11) is 0. The van der Waals surface area contributed by atoms with E-state index in [0.29, 0.717) is 27.2 Å². The van der Waals surface area contributed by atoms with Gasteiger partial charge in [0.2, 0.25) is 5.95 Å². The lowest BCUT2D eigenvalue weighted by molar-refractivity contribution is 0.0691.